The average molecular weight is 1030 g/mol. The van der Waals surface area contributed by atoms with E-state index in [4.69, 9.17) is 27.8 Å². The van der Waals surface area contributed by atoms with E-state index in [2.05, 4.69) is 25.7 Å². The molecular weight excluding hydrogens is 918 g/mol. The molecule has 1 aliphatic rings. The van der Waals surface area contributed by atoms with Gasteiger partial charge >= 0.3 is 14.6 Å². The smallest absolute Gasteiger partial charge is 0.332 e. The zero-order valence-corrected chi connectivity index (χ0v) is 47.5. The highest BCUT2D eigenvalue weighted by Crippen LogP contribution is 2.40. The Morgan fingerprint density at radius 1 is 0.423 bits per heavy atom. The maximum atomic E-state index is 12.3. The first kappa shape index (κ1) is 68.5. The number of nitrogens with zero attached hydrogens (tertiary/aromatic N) is 1. The summed E-state index contributed by atoms with van der Waals surface area (Å²) in [6.45, 7) is 12.4. The Bertz CT molecular complexity index is 1070. The van der Waals surface area contributed by atoms with E-state index < -0.39 is 45.9 Å². The molecule has 1 aliphatic heterocycles. The van der Waals surface area contributed by atoms with Crippen molar-refractivity contribution in [2.75, 3.05) is 59.3 Å². The van der Waals surface area contributed by atoms with Crippen molar-refractivity contribution in [3.05, 3.63) is 0 Å². The molecule has 0 aromatic carbocycles. The Kier molecular flexibility index (Phi) is 51.1. The van der Waals surface area contributed by atoms with E-state index in [1.54, 1.807) is 0 Å². The van der Waals surface area contributed by atoms with E-state index in [-0.39, 0.29) is 5.97 Å². The number of aliphatic hydroxyl groups excluding tert-OH is 4. The van der Waals surface area contributed by atoms with Gasteiger partial charge in [0.15, 0.2) is 6.29 Å². The number of hydrogen-bond acceptors (Lipinski definition) is 12. The van der Waals surface area contributed by atoms with Crippen molar-refractivity contribution in [3.63, 3.8) is 0 Å². The van der Waals surface area contributed by atoms with Crippen LogP contribution in [0.15, 0.2) is 0 Å². The minimum atomic E-state index is -1.43. The Hall–Kier alpha value is -0.500. The molecule has 0 saturated carbocycles. The van der Waals surface area contributed by atoms with Crippen molar-refractivity contribution in [2.24, 2.45) is 0 Å². The zero-order valence-electron chi connectivity index (χ0n) is 46.6. The van der Waals surface area contributed by atoms with Crippen LogP contribution in [0.25, 0.3) is 0 Å². The van der Waals surface area contributed by atoms with Gasteiger partial charge in [-0.3, -0.25) is 4.79 Å². The van der Waals surface area contributed by atoms with Crippen LogP contribution in [-0.4, -0.2) is 121 Å². The fraction of sp³-hybridized carbons (Fsp3) is 0.983. The molecule has 3 unspecified atom stereocenters. The molecule has 1 saturated heterocycles. The summed E-state index contributed by atoms with van der Waals surface area (Å²) in [4.78, 5) is 14.8. The SMILES string of the molecule is CCCCCCCCCCCOC(=O)CCCCCCCN(CCCCCCCOP(OCCCCCCCCCCC)OCCCCCCCCCCC)CCCCO[C@H]1OC(CO)[C@@H](O)C(O)C1O. The van der Waals surface area contributed by atoms with Crippen molar-refractivity contribution in [3.8, 4) is 0 Å². The quantitative estimate of drug-likeness (QED) is 0.0260. The lowest BCUT2D eigenvalue weighted by atomic mass is 9.99. The largest absolute Gasteiger partial charge is 0.466 e. The fourth-order valence-corrected chi connectivity index (χ4v) is 10.4. The van der Waals surface area contributed by atoms with Crippen LogP contribution >= 0.6 is 8.60 Å². The molecule has 0 aliphatic carbocycles. The van der Waals surface area contributed by atoms with Crippen molar-refractivity contribution in [1.29, 1.82) is 0 Å². The van der Waals surface area contributed by atoms with E-state index in [1.807, 2.05) is 0 Å². The number of hydrogen-bond donors (Lipinski definition) is 4. The minimum absolute atomic E-state index is 0.0499. The molecule has 13 heteroatoms. The Morgan fingerprint density at radius 3 is 1.17 bits per heavy atom. The maximum Gasteiger partial charge on any atom is 0.332 e. The molecule has 5 atom stereocenters. The molecule has 0 aromatic rings. The zero-order chi connectivity index (χ0) is 51.5. The van der Waals surface area contributed by atoms with Crippen LogP contribution in [0.1, 0.15) is 278 Å². The van der Waals surface area contributed by atoms with Gasteiger partial charge in [-0.1, -0.05) is 213 Å². The first-order valence-corrected chi connectivity index (χ1v) is 31.5. The van der Waals surface area contributed by atoms with Crippen LogP contribution < -0.4 is 0 Å². The number of unbranched alkanes of at least 4 members (excludes halogenated alkanes) is 33. The number of carbonyl (C=O) groups excluding carboxylic acids is 1. The van der Waals surface area contributed by atoms with Gasteiger partial charge in [-0.05, 0) is 77.4 Å². The van der Waals surface area contributed by atoms with Crippen LogP contribution in [-0.2, 0) is 32.6 Å². The Morgan fingerprint density at radius 2 is 0.761 bits per heavy atom. The summed E-state index contributed by atoms with van der Waals surface area (Å²) >= 11 is 0. The van der Waals surface area contributed by atoms with Crippen LogP contribution in [0.5, 0.6) is 0 Å². The summed E-state index contributed by atoms with van der Waals surface area (Å²) in [5.74, 6) is -0.0499. The molecule has 4 N–H and O–H groups in total. The maximum absolute atomic E-state index is 12.3. The van der Waals surface area contributed by atoms with Gasteiger partial charge in [-0.15, -0.1) is 0 Å². The number of carbonyl (C=O) groups is 1. The lowest BCUT2D eigenvalue weighted by molar-refractivity contribution is -0.301. The van der Waals surface area contributed by atoms with Crippen LogP contribution in [0.4, 0.5) is 0 Å². The number of aliphatic hydroxyl groups is 4. The van der Waals surface area contributed by atoms with E-state index in [1.165, 1.54) is 161 Å². The van der Waals surface area contributed by atoms with Gasteiger partial charge < -0.3 is 53.1 Å². The van der Waals surface area contributed by atoms with Gasteiger partial charge in [0.05, 0.1) is 33.0 Å². The first-order chi connectivity index (χ1) is 34.9. The highest BCUT2D eigenvalue weighted by molar-refractivity contribution is 7.41. The molecule has 424 valence electrons. The molecule has 0 bridgehead atoms. The van der Waals surface area contributed by atoms with Gasteiger partial charge in [-0.2, -0.15) is 0 Å². The van der Waals surface area contributed by atoms with E-state index in [0.29, 0.717) is 26.2 Å². The summed E-state index contributed by atoms with van der Waals surface area (Å²) in [6, 6.07) is 0. The van der Waals surface area contributed by atoms with E-state index >= 15 is 0 Å². The fourth-order valence-electron chi connectivity index (χ4n) is 9.31. The predicted molar refractivity (Wildman–Crippen MR) is 294 cm³/mol. The number of ether oxygens (including phenoxy) is 3. The number of esters is 1. The molecule has 1 heterocycles. The Balaban J connectivity index is 2.43. The summed E-state index contributed by atoms with van der Waals surface area (Å²) in [5, 5.41) is 40.1. The van der Waals surface area contributed by atoms with Gasteiger partial charge in [0.1, 0.15) is 24.4 Å². The molecule has 0 aromatic heterocycles. The van der Waals surface area contributed by atoms with Gasteiger partial charge in [0.25, 0.3) is 0 Å². The van der Waals surface area contributed by atoms with Crippen LogP contribution in [0.2, 0.25) is 0 Å². The Labute approximate surface area is 438 Å². The van der Waals surface area contributed by atoms with Crippen LogP contribution in [0.3, 0.4) is 0 Å². The lowest BCUT2D eigenvalue weighted by Crippen LogP contribution is -2.59. The monoisotopic (exact) mass is 1030 g/mol. The number of rotatable bonds is 56. The van der Waals surface area contributed by atoms with Crippen molar-refractivity contribution in [1.82, 2.24) is 4.90 Å². The second-order valence-electron chi connectivity index (χ2n) is 20.8. The molecule has 0 spiro atoms. The summed E-state index contributed by atoms with van der Waals surface area (Å²) < 4.78 is 35.4. The molecule has 1 fully saturated rings. The van der Waals surface area contributed by atoms with E-state index in [0.717, 1.165) is 123 Å². The molecule has 71 heavy (non-hydrogen) atoms. The summed E-state index contributed by atoms with van der Waals surface area (Å²) in [6.07, 6.45) is 41.5. The van der Waals surface area contributed by atoms with E-state index in [9.17, 15) is 25.2 Å². The topological polar surface area (TPSA) is 157 Å². The van der Waals surface area contributed by atoms with Gasteiger partial charge in [0, 0.05) is 13.0 Å². The average Bonchev–Trinajstić information content (AvgIpc) is 3.37. The normalized spacial score (nSPS) is 18.4. The van der Waals surface area contributed by atoms with Gasteiger partial charge in [-0.25, -0.2) is 0 Å². The molecule has 1 rings (SSSR count). The highest BCUT2D eigenvalue weighted by Gasteiger charge is 2.44. The van der Waals surface area contributed by atoms with Crippen molar-refractivity contribution >= 4 is 14.6 Å². The highest BCUT2D eigenvalue weighted by atomic mass is 31.2. The molecule has 12 nitrogen and oxygen atoms in total. The third-order valence-electron chi connectivity index (χ3n) is 14.1. The molecule has 0 amide bonds. The van der Waals surface area contributed by atoms with Crippen molar-refractivity contribution < 1.29 is 53.0 Å². The summed E-state index contributed by atoms with van der Waals surface area (Å²) in [5.41, 5.74) is 0. The van der Waals surface area contributed by atoms with Crippen LogP contribution in [0, 0.1) is 0 Å². The van der Waals surface area contributed by atoms with Crippen molar-refractivity contribution in [2.45, 2.75) is 308 Å². The molecule has 0 radical (unpaired) electrons. The minimum Gasteiger partial charge on any atom is -0.466 e. The lowest BCUT2D eigenvalue weighted by Gasteiger charge is -2.39. The third-order valence-corrected chi connectivity index (χ3v) is 15.3. The standard InChI is InChI=1S/C58H116NO11P/c1-4-7-10-13-16-19-22-30-38-47-65-54(61)43-34-27-25-28-35-44-59(46-37-42-48-66-58-57(64)56(63)55(62)53(52-60)70-58)45-36-29-26-33-41-51-69-71(67-49-39-31-23-20-17-14-11-8-5-2)68-50-40-32-24-21-18-15-12-9-6-3/h53,55-58,60,62-64H,4-52H2,1-3H3/t53?,55-,56?,57?,58+/m1/s1. The summed E-state index contributed by atoms with van der Waals surface area (Å²) in [7, 11) is -1.30. The second kappa shape index (κ2) is 52.9. The predicted octanol–water partition coefficient (Wildman–Crippen LogP) is 14.6. The van der Waals surface area contributed by atoms with Gasteiger partial charge in [0.2, 0.25) is 0 Å². The third kappa shape index (κ3) is 42.3. The first-order valence-electron chi connectivity index (χ1n) is 30.4. The molecular formula is C58H116NO11P. The second-order valence-corrected chi connectivity index (χ2v) is 22.1.